The van der Waals surface area contributed by atoms with E-state index in [1.807, 2.05) is 0 Å². The van der Waals surface area contributed by atoms with Gasteiger partial charge in [0.25, 0.3) is 0 Å². The first-order valence-corrected chi connectivity index (χ1v) is 3.45. The first-order valence-electron chi connectivity index (χ1n) is 3.08. The van der Waals surface area contributed by atoms with Gasteiger partial charge in [0.15, 0.2) is 0 Å². The molecule has 50 valence electrons. The van der Waals surface area contributed by atoms with E-state index in [9.17, 15) is 4.79 Å². The normalized spacial score (nSPS) is 46.6. The number of ether oxygens (including phenoxy) is 1. The minimum Gasteiger partial charge on any atom is -0.381 e. The summed E-state index contributed by atoms with van der Waals surface area (Å²) in [6.45, 7) is 1.49. The molecule has 0 spiro atoms. The molecule has 0 N–H and O–H groups in total. The second-order valence-electron chi connectivity index (χ2n) is 2.70. The van der Waals surface area contributed by atoms with Gasteiger partial charge >= 0.3 is 0 Å². The van der Waals surface area contributed by atoms with Crippen LogP contribution in [-0.2, 0) is 9.53 Å². The third-order valence-electron chi connectivity index (χ3n) is 2.21. The highest BCUT2D eigenvalue weighted by atomic mass is 35.5. The molecule has 0 unspecified atom stereocenters. The average molecular weight is 147 g/mol. The first-order chi connectivity index (χ1) is 4.30. The van der Waals surface area contributed by atoms with Crippen molar-refractivity contribution in [3.8, 4) is 0 Å². The van der Waals surface area contributed by atoms with Gasteiger partial charge in [-0.2, -0.15) is 0 Å². The number of hydrogen-bond donors (Lipinski definition) is 0. The van der Waals surface area contributed by atoms with Crippen LogP contribution in [0, 0.1) is 17.8 Å². The van der Waals surface area contributed by atoms with Gasteiger partial charge in [0.2, 0.25) is 5.24 Å². The predicted octanol–water partition coefficient (Wildman–Crippen LogP) is 0.644. The Kier molecular flexibility index (Phi) is 1.08. The van der Waals surface area contributed by atoms with E-state index in [4.69, 9.17) is 16.3 Å². The molecule has 1 heterocycles. The molecule has 0 aromatic carbocycles. The standard InChI is InChI=1S/C6H7ClO2/c7-6(8)5-3-1-9-2-4(3)5/h3-5H,1-2H2/t3-,4+,5+. The maximum absolute atomic E-state index is 10.5. The van der Waals surface area contributed by atoms with Crippen molar-refractivity contribution < 1.29 is 9.53 Å². The second-order valence-corrected chi connectivity index (χ2v) is 3.07. The molecule has 1 aliphatic carbocycles. The number of carbonyl (C=O) groups excluding carboxylic acids is 1. The van der Waals surface area contributed by atoms with Gasteiger partial charge in [0.1, 0.15) is 0 Å². The Balaban J connectivity index is 2.02. The van der Waals surface area contributed by atoms with E-state index in [1.165, 1.54) is 0 Å². The van der Waals surface area contributed by atoms with Gasteiger partial charge in [-0.3, -0.25) is 4.79 Å². The fourth-order valence-electron chi connectivity index (χ4n) is 1.58. The van der Waals surface area contributed by atoms with Gasteiger partial charge in [0.05, 0.1) is 13.2 Å². The van der Waals surface area contributed by atoms with E-state index >= 15 is 0 Å². The highest BCUT2D eigenvalue weighted by Gasteiger charge is 2.57. The molecule has 2 rings (SSSR count). The number of rotatable bonds is 1. The molecule has 0 aromatic rings. The number of fused-ring (bicyclic) bond motifs is 1. The molecule has 2 aliphatic rings. The topological polar surface area (TPSA) is 26.3 Å². The Morgan fingerprint density at radius 2 is 2.00 bits per heavy atom. The van der Waals surface area contributed by atoms with Crippen LogP contribution < -0.4 is 0 Å². The molecule has 9 heavy (non-hydrogen) atoms. The van der Waals surface area contributed by atoms with Crippen LogP contribution in [0.3, 0.4) is 0 Å². The maximum Gasteiger partial charge on any atom is 0.225 e. The molecule has 3 atom stereocenters. The lowest BCUT2D eigenvalue weighted by Crippen LogP contribution is -2.02. The van der Waals surface area contributed by atoms with Crippen molar-refractivity contribution in [2.75, 3.05) is 13.2 Å². The molecule has 0 amide bonds. The lowest BCUT2D eigenvalue weighted by atomic mass is 10.3. The summed E-state index contributed by atoms with van der Waals surface area (Å²) in [6.07, 6.45) is 0. The van der Waals surface area contributed by atoms with Crippen molar-refractivity contribution >= 4 is 16.8 Å². The second kappa shape index (κ2) is 1.70. The van der Waals surface area contributed by atoms with E-state index < -0.39 is 0 Å². The number of halogens is 1. The van der Waals surface area contributed by atoms with Crippen LogP contribution >= 0.6 is 11.6 Å². The van der Waals surface area contributed by atoms with Crippen LogP contribution in [0.25, 0.3) is 0 Å². The molecule has 0 aromatic heterocycles. The van der Waals surface area contributed by atoms with Gasteiger partial charge in [-0.25, -0.2) is 0 Å². The fraction of sp³-hybridized carbons (Fsp3) is 0.833. The Morgan fingerprint density at radius 1 is 1.44 bits per heavy atom. The Labute approximate surface area is 58.1 Å². The molecule has 2 nitrogen and oxygen atoms in total. The van der Waals surface area contributed by atoms with Gasteiger partial charge in [0, 0.05) is 5.92 Å². The average Bonchev–Trinajstić information content (AvgIpc) is 2.30. The highest BCUT2D eigenvalue weighted by molar-refractivity contribution is 6.64. The van der Waals surface area contributed by atoms with Crippen molar-refractivity contribution in [1.29, 1.82) is 0 Å². The molecule has 0 radical (unpaired) electrons. The summed E-state index contributed by atoms with van der Waals surface area (Å²) in [5, 5.41) is -0.173. The SMILES string of the molecule is O=C(Cl)[C@H]1[C@@H]2COC[C@@H]21. The van der Waals surface area contributed by atoms with Crippen molar-refractivity contribution in [2.24, 2.45) is 17.8 Å². The summed E-state index contributed by atoms with van der Waals surface area (Å²) >= 11 is 5.28. The quantitative estimate of drug-likeness (QED) is 0.508. The maximum atomic E-state index is 10.5. The summed E-state index contributed by atoms with van der Waals surface area (Å²) in [6, 6.07) is 0. The zero-order valence-electron chi connectivity index (χ0n) is 4.84. The van der Waals surface area contributed by atoms with E-state index in [-0.39, 0.29) is 11.2 Å². The molecule has 2 fully saturated rings. The first kappa shape index (κ1) is 5.69. The van der Waals surface area contributed by atoms with Crippen molar-refractivity contribution in [3.05, 3.63) is 0 Å². The van der Waals surface area contributed by atoms with E-state index in [0.717, 1.165) is 13.2 Å². The number of carbonyl (C=O) groups is 1. The van der Waals surface area contributed by atoms with E-state index in [1.54, 1.807) is 0 Å². The molecule has 1 saturated heterocycles. The smallest absolute Gasteiger partial charge is 0.225 e. The fourth-order valence-corrected chi connectivity index (χ4v) is 1.90. The molecule has 1 saturated carbocycles. The summed E-state index contributed by atoms with van der Waals surface area (Å²) in [7, 11) is 0. The van der Waals surface area contributed by atoms with E-state index in [2.05, 4.69) is 0 Å². The van der Waals surface area contributed by atoms with Crippen LogP contribution in [0.4, 0.5) is 0 Å². The van der Waals surface area contributed by atoms with Gasteiger partial charge in [-0.05, 0) is 23.4 Å². The summed E-state index contributed by atoms with van der Waals surface area (Å²) in [5.74, 6) is 1.07. The van der Waals surface area contributed by atoms with Crippen LogP contribution in [0.5, 0.6) is 0 Å². The Hall–Kier alpha value is -0.0800. The largest absolute Gasteiger partial charge is 0.381 e. The van der Waals surface area contributed by atoms with Gasteiger partial charge in [-0.15, -0.1) is 0 Å². The minimum absolute atomic E-state index is 0.139. The van der Waals surface area contributed by atoms with Crippen molar-refractivity contribution in [2.45, 2.75) is 0 Å². The van der Waals surface area contributed by atoms with Crippen LogP contribution in [0.2, 0.25) is 0 Å². The zero-order valence-corrected chi connectivity index (χ0v) is 5.60. The molecular formula is C6H7ClO2. The van der Waals surface area contributed by atoms with Crippen molar-refractivity contribution in [3.63, 3.8) is 0 Å². The van der Waals surface area contributed by atoms with Crippen LogP contribution in [-0.4, -0.2) is 18.5 Å². The third-order valence-corrected chi connectivity index (χ3v) is 2.47. The third kappa shape index (κ3) is 0.700. The molecule has 0 bridgehead atoms. The Bertz CT molecular complexity index is 147. The Morgan fingerprint density at radius 3 is 2.33 bits per heavy atom. The van der Waals surface area contributed by atoms with Crippen molar-refractivity contribution in [1.82, 2.24) is 0 Å². The van der Waals surface area contributed by atoms with Gasteiger partial charge < -0.3 is 4.74 Å². The molecule has 3 heteroatoms. The monoisotopic (exact) mass is 146 g/mol. The van der Waals surface area contributed by atoms with Gasteiger partial charge in [-0.1, -0.05) is 0 Å². The minimum atomic E-state index is -0.173. The summed E-state index contributed by atoms with van der Waals surface area (Å²) < 4.78 is 5.08. The highest BCUT2D eigenvalue weighted by Crippen LogP contribution is 2.51. The zero-order chi connectivity index (χ0) is 6.43. The lowest BCUT2D eigenvalue weighted by molar-refractivity contribution is -0.113. The van der Waals surface area contributed by atoms with E-state index in [0.29, 0.717) is 11.8 Å². The molecule has 1 aliphatic heterocycles. The summed E-state index contributed by atoms with van der Waals surface area (Å²) in [4.78, 5) is 10.5. The molecular weight excluding hydrogens is 140 g/mol. The lowest BCUT2D eigenvalue weighted by Gasteiger charge is -1.95. The summed E-state index contributed by atoms with van der Waals surface area (Å²) in [5.41, 5.74) is 0. The van der Waals surface area contributed by atoms with Crippen LogP contribution in [0.15, 0.2) is 0 Å². The van der Waals surface area contributed by atoms with Crippen LogP contribution in [0.1, 0.15) is 0 Å². The predicted molar refractivity (Wildman–Crippen MR) is 32.1 cm³/mol. The number of hydrogen-bond acceptors (Lipinski definition) is 2.